The highest BCUT2D eigenvalue weighted by Crippen LogP contribution is 2.30. The quantitative estimate of drug-likeness (QED) is 0.384. The Morgan fingerprint density at radius 3 is 2.37 bits per heavy atom. The summed E-state index contributed by atoms with van der Waals surface area (Å²) in [6.45, 7) is 2.41. The van der Waals surface area contributed by atoms with Gasteiger partial charge in [-0.05, 0) is 49.2 Å². The van der Waals surface area contributed by atoms with Crippen molar-refractivity contribution in [2.45, 2.75) is 13.3 Å². The van der Waals surface area contributed by atoms with E-state index in [0.717, 1.165) is 21.1 Å². The number of benzene rings is 3. The minimum absolute atomic E-state index is 0.0532. The van der Waals surface area contributed by atoms with E-state index in [9.17, 15) is 18.0 Å². The van der Waals surface area contributed by atoms with Gasteiger partial charge < -0.3 is 10.2 Å². The molecular weight excluding hydrogens is 500 g/mol. The van der Waals surface area contributed by atoms with Crippen LogP contribution in [-0.2, 0) is 21.4 Å². The van der Waals surface area contributed by atoms with Gasteiger partial charge in [0.15, 0.2) is 0 Å². The lowest BCUT2D eigenvalue weighted by atomic mass is 10.1. The van der Waals surface area contributed by atoms with Crippen molar-refractivity contribution in [3.8, 4) is 0 Å². The summed E-state index contributed by atoms with van der Waals surface area (Å²) in [5.41, 5.74) is 4.29. The van der Waals surface area contributed by atoms with E-state index >= 15 is 0 Å². The number of nitrogens with one attached hydrogen (secondary N) is 1. The third-order valence-electron chi connectivity index (χ3n) is 6.64. The van der Waals surface area contributed by atoms with Crippen LogP contribution >= 0.6 is 0 Å². The maximum Gasteiger partial charge on any atom is 0.307 e. The molecule has 3 aromatic carbocycles. The van der Waals surface area contributed by atoms with Crippen LogP contribution in [0.5, 0.6) is 0 Å². The van der Waals surface area contributed by atoms with E-state index < -0.39 is 16.1 Å². The van der Waals surface area contributed by atoms with E-state index in [-0.39, 0.29) is 11.6 Å². The monoisotopic (exact) mass is 528 g/mol. The highest BCUT2D eigenvalue weighted by molar-refractivity contribution is 7.87. The molecule has 38 heavy (non-hydrogen) atoms. The minimum Gasteiger partial charge on any atom is -0.317 e. The zero-order chi connectivity index (χ0) is 27.0. The van der Waals surface area contributed by atoms with Gasteiger partial charge in [0.05, 0.1) is 5.52 Å². The molecule has 0 bridgehead atoms. The van der Waals surface area contributed by atoms with Crippen LogP contribution in [-0.4, -0.2) is 49.1 Å². The fraction of sp³-hybridized carbons (Fsp3) is 0.172. The fourth-order valence-corrected chi connectivity index (χ4v) is 5.56. The highest BCUT2D eigenvalue weighted by atomic mass is 32.2. The maximum absolute atomic E-state index is 13.9. The summed E-state index contributed by atoms with van der Waals surface area (Å²) in [7, 11) is -0.907. The van der Waals surface area contributed by atoms with Crippen molar-refractivity contribution in [1.82, 2.24) is 13.6 Å². The molecule has 8 nitrogen and oxygen atoms in total. The Bertz CT molecular complexity index is 1690. The second kappa shape index (κ2) is 9.92. The zero-order valence-electron chi connectivity index (χ0n) is 21.4. The number of hydrogen-bond donors (Lipinski definition) is 1. The Hall–Kier alpha value is -4.21. The Labute approximate surface area is 222 Å². The van der Waals surface area contributed by atoms with Crippen molar-refractivity contribution in [2.24, 2.45) is 0 Å². The molecule has 1 N–H and O–H groups in total. The van der Waals surface area contributed by atoms with Gasteiger partial charge in [0.1, 0.15) is 5.70 Å². The fourth-order valence-electron chi connectivity index (χ4n) is 4.56. The average Bonchev–Trinajstić information content (AvgIpc) is 3.50. The summed E-state index contributed by atoms with van der Waals surface area (Å²) in [6.07, 6.45) is 3.74. The Balaban J connectivity index is 1.63. The summed E-state index contributed by atoms with van der Waals surface area (Å²) in [5, 5.41) is 3.44. The van der Waals surface area contributed by atoms with Crippen molar-refractivity contribution in [3.05, 3.63) is 107 Å². The zero-order valence-corrected chi connectivity index (χ0v) is 22.2. The number of rotatable bonds is 6. The molecule has 9 heteroatoms. The van der Waals surface area contributed by atoms with E-state index in [2.05, 4.69) is 5.32 Å². The number of carbonyl (C=O) groups excluding carboxylic acids is 2. The van der Waals surface area contributed by atoms with E-state index in [1.807, 2.05) is 43.3 Å². The largest absolute Gasteiger partial charge is 0.317 e. The summed E-state index contributed by atoms with van der Waals surface area (Å²) in [4.78, 5) is 28.7. The molecule has 0 spiro atoms. The van der Waals surface area contributed by atoms with Crippen LogP contribution in [0.25, 0.3) is 17.0 Å². The molecule has 2 amide bonds. The van der Waals surface area contributed by atoms with Gasteiger partial charge in [-0.1, -0.05) is 54.1 Å². The molecule has 0 saturated carbocycles. The molecule has 2 heterocycles. The lowest BCUT2D eigenvalue weighted by molar-refractivity contribution is -0.115. The Morgan fingerprint density at radius 2 is 1.63 bits per heavy atom. The molecule has 0 fully saturated rings. The second-order valence-corrected chi connectivity index (χ2v) is 11.4. The summed E-state index contributed by atoms with van der Waals surface area (Å²) in [6, 6.07) is 21.8. The molecule has 0 atom stereocenters. The van der Waals surface area contributed by atoms with E-state index in [0.29, 0.717) is 35.0 Å². The first-order valence-corrected chi connectivity index (χ1v) is 13.6. The van der Waals surface area contributed by atoms with Crippen LogP contribution in [0.1, 0.15) is 27.0 Å². The molecule has 0 aliphatic carbocycles. The lowest BCUT2D eigenvalue weighted by Crippen LogP contribution is -2.37. The predicted octanol–water partition coefficient (Wildman–Crippen LogP) is 3.96. The number of aryl methyl sites for hydroxylation is 1. The molecule has 1 aliphatic rings. The minimum atomic E-state index is -3.83. The summed E-state index contributed by atoms with van der Waals surface area (Å²) >= 11 is 0. The Kier molecular flexibility index (Phi) is 6.64. The van der Waals surface area contributed by atoms with E-state index in [1.54, 1.807) is 47.4 Å². The summed E-state index contributed by atoms with van der Waals surface area (Å²) < 4.78 is 28.4. The number of para-hydroxylation sites is 2. The first-order valence-electron chi connectivity index (χ1n) is 12.2. The number of nitrogens with zero attached hydrogens (tertiary/aromatic N) is 3. The van der Waals surface area contributed by atoms with E-state index in [1.165, 1.54) is 24.3 Å². The average molecular weight is 529 g/mol. The second-order valence-electron chi connectivity index (χ2n) is 9.40. The van der Waals surface area contributed by atoms with Gasteiger partial charge in [-0.2, -0.15) is 12.7 Å². The molecule has 5 rings (SSSR count). The number of fused-ring (bicyclic) bond motifs is 2. The summed E-state index contributed by atoms with van der Waals surface area (Å²) in [5.74, 6) is -0.801. The molecule has 194 valence electrons. The number of anilines is 1. The predicted molar refractivity (Wildman–Crippen MR) is 149 cm³/mol. The first-order chi connectivity index (χ1) is 18.2. The lowest BCUT2D eigenvalue weighted by Gasteiger charge is -2.20. The van der Waals surface area contributed by atoms with Crippen LogP contribution < -0.4 is 10.2 Å². The Morgan fingerprint density at radius 1 is 0.947 bits per heavy atom. The number of aromatic nitrogens is 1. The van der Waals surface area contributed by atoms with Crippen LogP contribution in [0.3, 0.4) is 0 Å². The molecule has 0 radical (unpaired) electrons. The maximum atomic E-state index is 13.9. The van der Waals surface area contributed by atoms with E-state index in [4.69, 9.17) is 0 Å². The van der Waals surface area contributed by atoms with Crippen molar-refractivity contribution in [2.75, 3.05) is 25.5 Å². The number of hydrogen-bond acceptors (Lipinski definition) is 4. The van der Waals surface area contributed by atoms with Crippen molar-refractivity contribution >= 4 is 44.7 Å². The standard InChI is InChI=1S/C29H28N4O4S/c1-20-12-14-22(15-13-20)28(34)30-25(29(35)32-17-16-21-8-4-6-10-26(21)32)18-23-19-33(38(36,37)31(2)3)27-11-7-5-9-24(23)27/h4-15,18-19H,16-17H2,1-3H3,(H,30,34). The van der Waals surface area contributed by atoms with Crippen molar-refractivity contribution in [1.29, 1.82) is 0 Å². The smallest absolute Gasteiger partial charge is 0.307 e. The number of carbonyl (C=O) groups is 2. The highest BCUT2D eigenvalue weighted by Gasteiger charge is 2.28. The molecule has 1 aliphatic heterocycles. The van der Waals surface area contributed by atoms with Gasteiger partial charge in [0, 0.05) is 49.0 Å². The van der Waals surface area contributed by atoms with Crippen LogP contribution in [0.4, 0.5) is 5.69 Å². The van der Waals surface area contributed by atoms with Gasteiger partial charge >= 0.3 is 10.2 Å². The van der Waals surface area contributed by atoms with Gasteiger partial charge in [-0.25, -0.2) is 3.97 Å². The molecule has 0 saturated heterocycles. The topological polar surface area (TPSA) is 91.7 Å². The third-order valence-corrected chi connectivity index (χ3v) is 8.37. The van der Waals surface area contributed by atoms with Crippen LogP contribution in [0, 0.1) is 6.92 Å². The van der Waals surface area contributed by atoms with Crippen LogP contribution in [0.2, 0.25) is 0 Å². The van der Waals surface area contributed by atoms with Gasteiger partial charge in [-0.3, -0.25) is 9.59 Å². The van der Waals surface area contributed by atoms with Gasteiger partial charge in [0.2, 0.25) is 0 Å². The van der Waals surface area contributed by atoms with Crippen molar-refractivity contribution in [3.63, 3.8) is 0 Å². The molecular formula is C29H28N4O4S. The van der Waals surface area contributed by atoms with Gasteiger partial charge in [-0.15, -0.1) is 0 Å². The molecule has 4 aromatic rings. The first kappa shape index (κ1) is 25.4. The molecule has 0 unspecified atom stereocenters. The third kappa shape index (κ3) is 4.62. The molecule has 1 aromatic heterocycles. The number of amides is 2. The van der Waals surface area contributed by atoms with Crippen molar-refractivity contribution < 1.29 is 18.0 Å². The SMILES string of the molecule is Cc1ccc(C(=O)NC(=Cc2cn(S(=O)(=O)N(C)C)c3ccccc23)C(=O)N2CCc3ccccc32)cc1. The van der Waals surface area contributed by atoms with Crippen LogP contribution in [0.15, 0.2) is 84.7 Å². The normalized spacial score (nSPS) is 13.7. The van der Waals surface area contributed by atoms with Gasteiger partial charge in [0.25, 0.3) is 11.8 Å².